The zero-order chi connectivity index (χ0) is 19.1. The van der Waals surface area contributed by atoms with Gasteiger partial charge < -0.3 is 0 Å². The number of para-hydroxylation sites is 1. The summed E-state index contributed by atoms with van der Waals surface area (Å²) in [6.45, 7) is 1.57. The Morgan fingerprint density at radius 2 is 1.85 bits per heavy atom. The lowest BCUT2D eigenvalue weighted by atomic mass is 10.2. The molecule has 2 aromatic rings. The predicted molar refractivity (Wildman–Crippen MR) is 99.3 cm³/mol. The molecular weight excluding hydrogens is 400 g/mol. The molecule has 10 heteroatoms. The summed E-state index contributed by atoms with van der Waals surface area (Å²) in [5, 5.41) is 0.224. The number of halogens is 1. The van der Waals surface area contributed by atoms with Gasteiger partial charge in [0.05, 0.1) is 27.0 Å². The summed E-state index contributed by atoms with van der Waals surface area (Å²) in [7, 11) is -7.82. The molecule has 0 saturated carbocycles. The number of aryl methyl sites for hydroxylation is 1. The van der Waals surface area contributed by atoms with E-state index in [1.165, 1.54) is 30.3 Å². The van der Waals surface area contributed by atoms with E-state index in [1.54, 1.807) is 19.1 Å². The molecule has 1 aliphatic heterocycles. The van der Waals surface area contributed by atoms with Crippen molar-refractivity contribution in [2.75, 3.05) is 14.8 Å². The average Bonchev–Trinajstić information content (AvgIpc) is 2.83. The standard InChI is InChI=1S/C16H15ClN2O5S2/c1-11-6-7-12(19-16(20)8-9-25(19,21)22)10-15(11)26(23,24)18-14-5-3-2-4-13(14)17/h2-7,10,18H,8-9H2,1H3. The Kier molecular flexibility index (Phi) is 4.72. The first-order valence-electron chi connectivity index (χ1n) is 7.56. The van der Waals surface area contributed by atoms with Crippen LogP contribution in [0.5, 0.6) is 0 Å². The predicted octanol–water partition coefficient (Wildman–Crippen LogP) is 2.52. The van der Waals surface area contributed by atoms with Gasteiger partial charge in [0.2, 0.25) is 15.9 Å². The Morgan fingerprint density at radius 1 is 1.15 bits per heavy atom. The molecule has 0 aromatic heterocycles. The molecule has 26 heavy (non-hydrogen) atoms. The minimum absolute atomic E-state index is 0.00219. The van der Waals surface area contributed by atoms with Gasteiger partial charge in [-0.2, -0.15) is 0 Å². The maximum Gasteiger partial charge on any atom is 0.262 e. The molecule has 1 fully saturated rings. The van der Waals surface area contributed by atoms with Gasteiger partial charge in [-0.05, 0) is 36.8 Å². The SMILES string of the molecule is Cc1ccc(N2C(=O)CCS2(=O)=O)cc1S(=O)(=O)Nc1ccccc1Cl. The fourth-order valence-corrected chi connectivity index (χ4v) is 5.65. The number of anilines is 2. The van der Waals surface area contributed by atoms with Crippen molar-refractivity contribution in [2.24, 2.45) is 0 Å². The molecule has 0 aliphatic carbocycles. The Hall–Kier alpha value is -2.10. The van der Waals surface area contributed by atoms with E-state index in [0.29, 0.717) is 9.87 Å². The topological polar surface area (TPSA) is 101 Å². The molecule has 0 bridgehead atoms. The molecule has 1 heterocycles. The molecule has 1 aliphatic rings. The lowest BCUT2D eigenvalue weighted by molar-refractivity contribution is -0.116. The molecule has 1 N–H and O–H groups in total. The second-order valence-corrected chi connectivity index (χ2v) is 9.75. The van der Waals surface area contributed by atoms with E-state index in [2.05, 4.69) is 4.72 Å². The molecule has 138 valence electrons. The van der Waals surface area contributed by atoms with Crippen LogP contribution in [-0.4, -0.2) is 28.5 Å². The summed E-state index contributed by atoms with van der Waals surface area (Å²) in [5.41, 5.74) is 0.596. The van der Waals surface area contributed by atoms with Crippen molar-refractivity contribution in [1.29, 1.82) is 0 Å². The van der Waals surface area contributed by atoms with Crippen LogP contribution in [0.1, 0.15) is 12.0 Å². The number of nitrogens with zero attached hydrogens (tertiary/aromatic N) is 1. The van der Waals surface area contributed by atoms with Crippen LogP contribution in [0.4, 0.5) is 11.4 Å². The van der Waals surface area contributed by atoms with E-state index in [4.69, 9.17) is 11.6 Å². The highest BCUT2D eigenvalue weighted by Gasteiger charge is 2.37. The lowest BCUT2D eigenvalue weighted by Gasteiger charge is -2.18. The largest absolute Gasteiger partial charge is 0.278 e. The number of amides is 1. The first-order chi connectivity index (χ1) is 12.1. The summed E-state index contributed by atoms with van der Waals surface area (Å²) in [6.07, 6.45) is -0.129. The number of hydrogen-bond donors (Lipinski definition) is 1. The summed E-state index contributed by atoms with van der Waals surface area (Å²) in [5.74, 6) is -0.879. The fourth-order valence-electron chi connectivity index (χ4n) is 2.62. The van der Waals surface area contributed by atoms with E-state index in [0.717, 1.165) is 0 Å². The fraction of sp³-hybridized carbons (Fsp3) is 0.188. The molecule has 1 saturated heterocycles. The number of carbonyl (C=O) groups is 1. The smallest absolute Gasteiger partial charge is 0.262 e. The minimum atomic E-state index is -4.04. The molecule has 2 aromatic carbocycles. The zero-order valence-electron chi connectivity index (χ0n) is 13.6. The van der Waals surface area contributed by atoms with Crippen molar-refractivity contribution in [2.45, 2.75) is 18.2 Å². The van der Waals surface area contributed by atoms with Crippen molar-refractivity contribution >= 4 is 48.9 Å². The summed E-state index contributed by atoms with van der Waals surface area (Å²) >= 11 is 5.99. The zero-order valence-corrected chi connectivity index (χ0v) is 16.0. The molecule has 0 spiro atoms. The van der Waals surface area contributed by atoms with Gasteiger partial charge in [0.1, 0.15) is 0 Å². The normalized spacial score (nSPS) is 16.7. The first kappa shape index (κ1) is 18.7. The third-order valence-corrected chi connectivity index (χ3v) is 7.42. The van der Waals surface area contributed by atoms with Crippen LogP contribution in [0, 0.1) is 6.92 Å². The average molecular weight is 415 g/mol. The Bertz CT molecular complexity index is 1100. The molecule has 0 unspecified atom stereocenters. The van der Waals surface area contributed by atoms with E-state index >= 15 is 0 Å². The van der Waals surface area contributed by atoms with Gasteiger partial charge in [0, 0.05) is 6.42 Å². The summed E-state index contributed by atoms with van der Waals surface area (Å²) < 4.78 is 52.7. The van der Waals surface area contributed by atoms with Crippen LogP contribution in [0.2, 0.25) is 5.02 Å². The Labute approximate surface area is 156 Å². The highest BCUT2D eigenvalue weighted by Crippen LogP contribution is 2.31. The van der Waals surface area contributed by atoms with Gasteiger partial charge in [0.15, 0.2) is 0 Å². The molecule has 0 atom stereocenters. The lowest BCUT2D eigenvalue weighted by Crippen LogP contribution is -2.29. The van der Waals surface area contributed by atoms with Gasteiger partial charge in [-0.1, -0.05) is 29.8 Å². The van der Waals surface area contributed by atoms with Crippen LogP contribution in [0.25, 0.3) is 0 Å². The highest BCUT2D eigenvalue weighted by atomic mass is 35.5. The Morgan fingerprint density at radius 3 is 2.46 bits per heavy atom. The van der Waals surface area contributed by atoms with Crippen LogP contribution in [0.3, 0.4) is 0 Å². The summed E-state index contributed by atoms with van der Waals surface area (Å²) in [4.78, 5) is 11.8. The molecule has 1 amide bonds. The number of sulfonamides is 2. The first-order valence-corrected chi connectivity index (χ1v) is 11.0. The summed E-state index contributed by atoms with van der Waals surface area (Å²) in [6, 6.07) is 10.4. The maximum absolute atomic E-state index is 12.8. The van der Waals surface area contributed by atoms with E-state index in [9.17, 15) is 21.6 Å². The van der Waals surface area contributed by atoms with Crippen molar-refractivity contribution in [1.82, 2.24) is 0 Å². The van der Waals surface area contributed by atoms with E-state index in [1.807, 2.05) is 0 Å². The van der Waals surface area contributed by atoms with Crippen molar-refractivity contribution in [3.8, 4) is 0 Å². The second kappa shape index (κ2) is 6.57. The Balaban J connectivity index is 2.05. The van der Waals surface area contributed by atoms with Crippen LogP contribution < -0.4 is 9.03 Å². The van der Waals surface area contributed by atoms with Crippen LogP contribution >= 0.6 is 11.6 Å². The van der Waals surface area contributed by atoms with Crippen LogP contribution in [0.15, 0.2) is 47.4 Å². The molecular formula is C16H15ClN2O5S2. The van der Waals surface area contributed by atoms with Crippen molar-refractivity contribution < 1.29 is 21.6 Å². The maximum atomic E-state index is 12.8. The molecule has 3 rings (SSSR count). The van der Waals surface area contributed by atoms with Crippen molar-refractivity contribution in [3.05, 3.63) is 53.1 Å². The molecule has 7 nitrogen and oxygen atoms in total. The van der Waals surface area contributed by atoms with Gasteiger partial charge in [-0.15, -0.1) is 0 Å². The number of rotatable bonds is 4. The van der Waals surface area contributed by atoms with E-state index < -0.39 is 26.0 Å². The van der Waals surface area contributed by atoms with Gasteiger partial charge in [-0.3, -0.25) is 9.52 Å². The third-order valence-electron chi connectivity index (χ3n) is 3.89. The van der Waals surface area contributed by atoms with E-state index in [-0.39, 0.29) is 33.5 Å². The van der Waals surface area contributed by atoms with Crippen LogP contribution in [-0.2, 0) is 24.8 Å². The quantitative estimate of drug-likeness (QED) is 0.828. The van der Waals surface area contributed by atoms with Gasteiger partial charge in [-0.25, -0.2) is 21.1 Å². The number of benzene rings is 2. The number of carbonyl (C=O) groups excluding carboxylic acids is 1. The monoisotopic (exact) mass is 414 g/mol. The minimum Gasteiger partial charge on any atom is -0.278 e. The third kappa shape index (κ3) is 3.42. The van der Waals surface area contributed by atoms with Crippen molar-refractivity contribution in [3.63, 3.8) is 0 Å². The molecule has 0 radical (unpaired) electrons. The highest BCUT2D eigenvalue weighted by molar-refractivity contribution is 7.94. The second-order valence-electron chi connectivity index (χ2n) is 5.76. The van der Waals surface area contributed by atoms with Gasteiger partial charge >= 0.3 is 0 Å². The number of hydrogen-bond acceptors (Lipinski definition) is 5. The number of nitrogens with one attached hydrogen (secondary N) is 1. The van der Waals surface area contributed by atoms with Gasteiger partial charge in [0.25, 0.3) is 10.0 Å².